The Labute approximate surface area is 381 Å². The molecule has 2 aromatic heterocycles. The van der Waals surface area contributed by atoms with Gasteiger partial charge < -0.3 is 24.8 Å². The number of halogens is 1. The normalized spacial score (nSPS) is 23.6. The highest BCUT2D eigenvalue weighted by atomic mass is 35.5. The summed E-state index contributed by atoms with van der Waals surface area (Å²) in [5.41, 5.74) is 0.764. The average Bonchev–Trinajstić information content (AvgIpc) is 3.28. The molecule has 65 heavy (non-hydrogen) atoms. The van der Waals surface area contributed by atoms with E-state index >= 15 is 0 Å². The van der Waals surface area contributed by atoms with Gasteiger partial charge >= 0.3 is 0 Å². The maximum absolute atomic E-state index is 13.5. The fraction of sp³-hybridized carbons (Fsp3) is 0.522. The number of hydrogen-bond donors (Lipinski definition) is 2. The van der Waals surface area contributed by atoms with Crippen molar-refractivity contribution in [1.29, 1.82) is 5.26 Å². The van der Waals surface area contributed by atoms with Gasteiger partial charge in [0.05, 0.1) is 27.5 Å². The maximum atomic E-state index is 13.5. The van der Waals surface area contributed by atoms with Crippen LogP contribution in [-0.2, 0) is 14.4 Å². The van der Waals surface area contributed by atoms with Crippen molar-refractivity contribution in [3.8, 4) is 11.8 Å². The van der Waals surface area contributed by atoms with Gasteiger partial charge in [0.25, 0.3) is 17.4 Å². The van der Waals surface area contributed by atoms with Crippen molar-refractivity contribution in [3.05, 3.63) is 75.3 Å². The molecule has 4 aromatic rings. The van der Waals surface area contributed by atoms with E-state index in [9.17, 15) is 29.2 Å². The Morgan fingerprint density at radius 2 is 1.63 bits per heavy atom. The lowest BCUT2D eigenvalue weighted by Gasteiger charge is -2.63. The lowest BCUT2D eigenvalue weighted by molar-refractivity contribution is -0.164. The van der Waals surface area contributed by atoms with Crippen molar-refractivity contribution in [3.63, 3.8) is 0 Å². The van der Waals surface area contributed by atoms with Crippen LogP contribution < -0.4 is 30.7 Å². The summed E-state index contributed by atoms with van der Waals surface area (Å²) in [6.45, 7) is 15.1. The molecule has 1 saturated carbocycles. The highest BCUT2D eigenvalue weighted by molar-refractivity contribution is 6.31. The van der Waals surface area contributed by atoms with E-state index < -0.39 is 28.3 Å². The largest absolute Gasteiger partial charge is 0.489 e. The molecule has 6 heterocycles. The maximum Gasteiger partial charge on any atom is 0.278 e. The summed E-state index contributed by atoms with van der Waals surface area (Å²) in [6.07, 6.45) is 5.19. The number of nitrogens with zero attached hydrogens (tertiary/aromatic N) is 10. The van der Waals surface area contributed by atoms with Crippen LogP contribution in [0.5, 0.6) is 5.75 Å². The minimum atomic E-state index is -0.892. The molecule has 9 rings (SSSR count). The number of hydrogen-bond acceptors (Lipinski definition) is 14. The predicted molar refractivity (Wildman–Crippen MR) is 240 cm³/mol. The molecule has 19 heteroatoms. The second-order valence-corrected chi connectivity index (χ2v) is 19.6. The van der Waals surface area contributed by atoms with E-state index in [-0.39, 0.29) is 48.6 Å². The van der Waals surface area contributed by atoms with E-state index in [1.807, 2.05) is 11.0 Å². The van der Waals surface area contributed by atoms with Crippen LogP contribution in [-0.4, -0.2) is 129 Å². The molecule has 340 valence electrons. The molecule has 5 aliphatic rings. The molecule has 1 aliphatic carbocycles. The Bertz CT molecular complexity index is 2610. The number of anilines is 2. The van der Waals surface area contributed by atoms with Crippen molar-refractivity contribution in [2.75, 3.05) is 68.7 Å². The van der Waals surface area contributed by atoms with Crippen LogP contribution >= 0.6 is 11.6 Å². The molecule has 4 amide bonds. The molecule has 0 spiro atoms. The monoisotopic (exact) mass is 904 g/mol. The van der Waals surface area contributed by atoms with Gasteiger partial charge in [-0.1, -0.05) is 44.5 Å². The van der Waals surface area contributed by atoms with Crippen LogP contribution in [0.1, 0.15) is 75.3 Å². The Balaban J connectivity index is 0.702. The van der Waals surface area contributed by atoms with E-state index in [0.717, 1.165) is 69.0 Å². The first-order chi connectivity index (χ1) is 31.1. The van der Waals surface area contributed by atoms with Gasteiger partial charge in [0.2, 0.25) is 17.8 Å². The van der Waals surface area contributed by atoms with E-state index in [4.69, 9.17) is 16.3 Å². The van der Waals surface area contributed by atoms with Crippen molar-refractivity contribution in [2.45, 2.75) is 71.6 Å². The third kappa shape index (κ3) is 8.47. The van der Waals surface area contributed by atoms with Crippen LogP contribution in [0.3, 0.4) is 0 Å². The number of carbonyl (C=O) groups is 4. The standard InChI is InChI=1S/C46H53ClN12O6/c1-45(2)42(46(3,4)43(45)65-32-7-5-28(21-48)34(47)20-32)52-38(61)29-22-49-44(50-23-29)57-17-15-55(16-18-57)24-27-11-13-56(14-12-27)40(63)30-25-58(26-30)31-6-8-35-33(19-31)41(64)59(54-53-35)36-9-10-37(60)51-39(36)62/h5-8,19-20,22-23,27,30,36,42-43H,9-18,24-26H2,1-4H3,(H,52,61)(H,51,60,62)/t36?,42-,43-. The van der Waals surface area contributed by atoms with Gasteiger partial charge in [0, 0.05) is 106 Å². The lowest BCUT2D eigenvalue weighted by Crippen LogP contribution is -2.74. The Morgan fingerprint density at radius 3 is 2.29 bits per heavy atom. The first-order valence-electron chi connectivity index (χ1n) is 22.3. The highest BCUT2D eigenvalue weighted by Crippen LogP contribution is 2.55. The van der Waals surface area contributed by atoms with Crippen molar-refractivity contribution >= 4 is 57.8 Å². The molecule has 1 atom stereocenters. The summed E-state index contributed by atoms with van der Waals surface area (Å²) in [5, 5.41) is 23.5. The zero-order valence-corrected chi connectivity index (χ0v) is 37.8. The molecular formula is C46H53ClN12O6. The summed E-state index contributed by atoms with van der Waals surface area (Å²) < 4.78 is 7.42. The molecule has 18 nitrogen and oxygen atoms in total. The summed E-state index contributed by atoms with van der Waals surface area (Å²) >= 11 is 6.25. The van der Waals surface area contributed by atoms with Gasteiger partial charge in [-0.15, -0.1) is 5.10 Å². The number of rotatable bonds is 10. The van der Waals surface area contributed by atoms with Gasteiger partial charge in [-0.2, -0.15) is 9.94 Å². The fourth-order valence-electron chi connectivity index (χ4n) is 10.7. The molecule has 5 fully saturated rings. The molecule has 2 aromatic carbocycles. The number of benzene rings is 2. The van der Waals surface area contributed by atoms with Gasteiger partial charge in [-0.3, -0.25) is 34.2 Å². The predicted octanol–water partition coefficient (Wildman–Crippen LogP) is 3.19. The van der Waals surface area contributed by atoms with Gasteiger partial charge in [0.15, 0.2) is 0 Å². The molecular weight excluding hydrogens is 852 g/mol. The van der Waals surface area contributed by atoms with Crippen LogP contribution in [0.2, 0.25) is 5.02 Å². The Kier molecular flexibility index (Phi) is 11.7. The molecule has 4 aliphatic heterocycles. The first kappa shape index (κ1) is 44.0. The number of nitriles is 1. The number of piperidine rings is 2. The zero-order valence-electron chi connectivity index (χ0n) is 37.0. The zero-order chi connectivity index (χ0) is 45.8. The van der Waals surface area contributed by atoms with Crippen LogP contribution in [0.25, 0.3) is 10.9 Å². The van der Waals surface area contributed by atoms with Crippen molar-refractivity contribution < 1.29 is 23.9 Å². The lowest BCUT2D eigenvalue weighted by atomic mass is 9.49. The summed E-state index contributed by atoms with van der Waals surface area (Å²) in [5.74, 6) is 0.566. The van der Waals surface area contributed by atoms with Crippen molar-refractivity contribution in [1.82, 2.24) is 45.4 Å². The van der Waals surface area contributed by atoms with E-state index in [0.29, 0.717) is 57.8 Å². The Morgan fingerprint density at radius 1 is 0.923 bits per heavy atom. The smallest absolute Gasteiger partial charge is 0.278 e. The molecule has 0 bridgehead atoms. The van der Waals surface area contributed by atoms with Gasteiger partial charge in [-0.05, 0) is 55.5 Å². The molecule has 2 N–H and O–H groups in total. The van der Waals surface area contributed by atoms with E-state index in [1.165, 1.54) is 0 Å². The molecule has 4 saturated heterocycles. The number of carbonyl (C=O) groups excluding carboxylic acids is 4. The van der Waals surface area contributed by atoms with Crippen LogP contribution in [0.4, 0.5) is 11.6 Å². The average molecular weight is 905 g/mol. The summed E-state index contributed by atoms with van der Waals surface area (Å²) in [4.78, 5) is 82.3. The van der Waals surface area contributed by atoms with Crippen LogP contribution in [0.15, 0.2) is 53.6 Å². The topological polar surface area (TPSA) is 212 Å². The first-order valence-corrected chi connectivity index (χ1v) is 22.7. The second kappa shape index (κ2) is 17.3. The van der Waals surface area contributed by atoms with Crippen molar-refractivity contribution in [2.24, 2.45) is 22.7 Å². The number of ether oxygens (including phenoxy) is 1. The van der Waals surface area contributed by atoms with Crippen LogP contribution in [0, 0.1) is 34.0 Å². The minimum absolute atomic E-state index is 0.116. The van der Waals surface area contributed by atoms with E-state index in [2.05, 4.69) is 79.4 Å². The minimum Gasteiger partial charge on any atom is -0.489 e. The summed E-state index contributed by atoms with van der Waals surface area (Å²) in [6, 6.07) is 11.4. The number of likely N-dealkylation sites (tertiary alicyclic amines) is 1. The second-order valence-electron chi connectivity index (χ2n) is 19.2. The fourth-order valence-corrected chi connectivity index (χ4v) is 10.9. The number of piperazine rings is 1. The molecule has 0 radical (unpaired) electrons. The van der Waals surface area contributed by atoms with Gasteiger partial charge in [0.1, 0.15) is 29.5 Å². The number of amides is 4. The number of aromatic nitrogens is 5. The number of nitrogens with one attached hydrogen (secondary N) is 2. The molecule has 1 unspecified atom stereocenters. The third-order valence-corrected chi connectivity index (χ3v) is 14.5. The third-order valence-electron chi connectivity index (χ3n) is 14.2. The SMILES string of the molecule is CC1(C)[C@H](NC(=O)c2cnc(N3CCN(CC4CCN(C(=O)C5CN(c6ccc7nnn(C8CCC(=O)NC8=O)c(=O)c7c6)C5)CC4)CC3)nc2)C(C)(C)[C@H]1Oc1ccc(C#N)c(Cl)c1. The quantitative estimate of drug-likeness (QED) is 0.219. The van der Waals surface area contributed by atoms with Gasteiger partial charge in [-0.25, -0.2) is 9.97 Å². The Hall–Kier alpha value is -6.19. The number of imide groups is 1. The summed E-state index contributed by atoms with van der Waals surface area (Å²) in [7, 11) is 0. The number of fused-ring (bicyclic) bond motifs is 1. The highest BCUT2D eigenvalue weighted by Gasteiger charge is 2.64. The van der Waals surface area contributed by atoms with E-state index in [1.54, 1.807) is 42.7 Å².